The summed E-state index contributed by atoms with van der Waals surface area (Å²) in [5.41, 5.74) is 5.63. The van der Waals surface area contributed by atoms with Crippen LogP contribution in [0.25, 0.3) is 45.0 Å². The zero-order chi connectivity index (χ0) is 32.6. The monoisotopic (exact) mass is 626 g/mol. The predicted molar refractivity (Wildman–Crippen MR) is 178 cm³/mol. The van der Waals surface area contributed by atoms with Crippen LogP contribution in [0.2, 0.25) is 18.1 Å². The van der Waals surface area contributed by atoms with Crippen LogP contribution in [0.15, 0.2) is 97.1 Å². The first kappa shape index (κ1) is 32.0. The number of hydrogen-bond donors (Lipinski definition) is 0. The fraction of sp³-hybridized carbons (Fsp3) is 0.243. The molecular weight excluding hydrogens is 589 g/mol. The van der Waals surface area contributed by atoms with E-state index in [-0.39, 0.29) is 5.04 Å². The third kappa shape index (κ3) is 6.96. The van der Waals surface area contributed by atoms with Gasteiger partial charge in [0.05, 0.1) is 35.4 Å². The Hall–Kier alpha value is -4.43. The molecule has 0 aliphatic rings. The summed E-state index contributed by atoms with van der Waals surface area (Å²) in [5.74, 6) is 1.49. The Labute approximate surface area is 264 Å². The molecule has 0 amide bonds. The number of aryl methyl sites for hydroxylation is 1. The van der Waals surface area contributed by atoms with E-state index in [0.29, 0.717) is 34.1 Å². The van der Waals surface area contributed by atoms with Crippen LogP contribution in [0.1, 0.15) is 31.9 Å². The molecule has 0 saturated carbocycles. The van der Waals surface area contributed by atoms with Crippen molar-refractivity contribution in [3.8, 4) is 56.5 Å². The number of ether oxygens (including phenoxy) is 1. The third-order valence-electron chi connectivity index (χ3n) is 8.38. The number of hydrogen-bond acceptors (Lipinski definition) is 4. The quantitative estimate of drug-likeness (QED) is 0.169. The standard InChI is InChI=1S/C37H37F3N2O2Si/c1-24-8-10-25(11-9-24)32-33(26-12-18-29(19-13-26)37(38,39)40)42-34(27-14-20-30(43-5)21-15-27)35(41-32)28-16-22-31(23-17-28)44-45(6,7)36(2,3)4/h8-23H,1-7H3. The van der Waals surface area contributed by atoms with Crippen molar-refractivity contribution in [3.05, 3.63) is 108 Å². The molecule has 4 aromatic carbocycles. The maximum Gasteiger partial charge on any atom is 0.416 e. The van der Waals surface area contributed by atoms with Crippen LogP contribution in [0.4, 0.5) is 13.2 Å². The molecule has 5 rings (SSSR count). The Morgan fingerprint density at radius 2 is 0.911 bits per heavy atom. The number of benzene rings is 4. The number of aromatic nitrogens is 2. The van der Waals surface area contributed by atoms with Gasteiger partial charge in [-0.05, 0) is 85.7 Å². The summed E-state index contributed by atoms with van der Waals surface area (Å²) in [6.45, 7) is 13.0. The summed E-state index contributed by atoms with van der Waals surface area (Å²) < 4.78 is 52.2. The van der Waals surface area contributed by atoms with Crippen molar-refractivity contribution in [3.63, 3.8) is 0 Å². The summed E-state index contributed by atoms with van der Waals surface area (Å²) in [4.78, 5) is 10.3. The van der Waals surface area contributed by atoms with Gasteiger partial charge in [0, 0.05) is 22.3 Å². The van der Waals surface area contributed by atoms with Gasteiger partial charge in [-0.25, -0.2) is 9.97 Å². The molecule has 0 radical (unpaired) electrons. The Morgan fingerprint density at radius 1 is 0.556 bits per heavy atom. The molecule has 8 heteroatoms. The molecule has 0 spiro atoms. The average Bonchev–Trinajstić information content (AvgIpc) is 3.00. The molecule has 0 aliphatic heterocycles. The van der Waals surface area contributed by atoms with Gasteiger partial charge in [0.25, 0.3) is 0 Å². The lowest BCUT2D eigenvalue weighted by atomic mass is 9.98. The fourth-order valence-corrected chi connectivity index (χ4v) is 5.68. The number of rotatable bonds is 7. The smallest absolute Gasteiger partial charge is 0.416 e. The van der Waals surface area contributed by atoms with Gasteiger partial charge in [-0.15, -0.1) is 0 Å². The number of nitrogens with zero attached hydrogens (tertiary/aromatic N) is 2. The highest BCUT2D eigenvalue weighted by molar-refractivity contribution is 6.74. The number of methoxy groups -OCH3 is 1. The van der Waals surface area contributed by atoms with Crippen molar-refractivity contribution in [2.45, 2.75) is 52.0 Å². The normalized spacial score (nSPS) is 12.2. The highest BCUT2D eigenvalue weighted by Gasteiger charge is 2.39. The first-order valence-corrected chi connectivity index (χ1v) is 17.7. The van der Waals surface area contributed by atoms with Crippen LogP contribution in [-0.2, 0) is 6.18 Å². The maximum atomic E-state index is 13.4. The van der Waals surface area contributed by atoms with E-state index in [4.69, 9.17) is 19.1 Å². The van der Waals surface area contributed by atoms with Crippen LogP contribution >= 0.6 is 0 Å². The van der Waals surface area contributed by atoms with E-state index in [9.17, 15) is 13.2 Å². The SMILES string of the molecule is COc1ccc(-c2nc(-c3ccc(C(F)(F)F)cc3)c(-c3ccc(C)cc3)nc2-c2ccc(O[Si](C)(C)C(C)(C)C)cc2)cc1. The summed E-state index contributed by atoms with van der Waals surface area (Å²) in [6.07, 6.45) is -4.44. The summed E-state index contributed by atoms with van der Waals surface area (Å²) in [5, 5.41) is 0.0513. The van der Waals surface area contributed by atoms with Crippen molar-refractivity contribution in [2.24, 2.45) is 0 Å². The second-order valence-electron chi connectivity index (χ2n) is 12.7. The van der Waals surface area contributed by atoms with E-state index in [2.05, 4.69) is 33.9 Å². The van der Waals surface area contributed by atoms with E-state index in [1.807, 2.05) is 79.7 Å². The second-order valence-corrected chi connectivity index (χ2v) is 17.4. The molecule has 0 bridgehead atoms. The van der Waals surface area contributed by atoms with E-state index in [1.54, 1.807) is 7.11 Å². The molecule has 45 heavy (non-hydrogen) atoms. The minimum Gasteiger partial charge on any atom is -0.544 e. The number of halogens is 3. The molecule has 1 heterocycles. The third-order valence-corrected chi connectivity index (χ3v) is 12.7. The molecule has 0 unspecified atom stereocenters. The van der Waals surface area contributed by atoms with E-state index < -0.39 is 20.1 Å². The average molecular weight is 627 g/mol. The van der Waals surface area contributed by atoms with Crippen LogP contribution in [-0.4, -0.2) is 25.4 Å². The lowest BCUT2D eigenvalue weighted by molar-refractivity contribution is -0.137. The number of alkyl halides is 3. The lowest BCUT2D eigenvalue weighted by Gasteiger charge is -2.36. The van der Waals surface area contributed by atoms with Crippen molar-refractivity contribution < 1.29 is 22.3 Å². The van der Waals surface area contributed by atoms with Crippen molar-refractivity contribution in [1.29, 1.82) is 0 Å². The molecule has 5 aromatic rings. The Balaban J connectivity index is 1.72. The van der Waals surface area contributed by atoms with Crippen LogP contribution < -0.4 is 9.16 Å². The van der Waals surface area contributed by atoms with Gasteiger partial charge in [-0.2, -0.15) is 13.2 Å². The van der Waals surface area contributed by atoms with Crippen molar-refractivity contribution >= 4 is 8.32 Å². The van der Waals surface area contributed by atoms with Crippen LogP contribution in [0.5, 0.6) is 11.5 Å². The Morgan fingerprint density at radius 3 is 1.27 bits per heavy atom. The molecular formula is C37H37F3N2O2Si. The molecule has 1 aromatic heterocycles. The Kier molecular flexibility index (Phi) is 8.64. The molecule has 0 fully saturated rings. The molecule has 0 saturated heterocycles. The molecule has 4 nitrogen and oxygen atoms in total. The van der Waals surface area contributed by atoms with Gasteiger partial charge in [0.15, 0.2) is 0 Å². The Bertz CT molecular complexity index is 1780. The van der Waals surface area contributed by atoms with Crippen molar-refractivity contribution in [2.75, 3.05) is 7.11 Å². The fourth-order valence-electron chi connectivity index (χ4n) is 4.65. The predicted octanol–water partition coefficient (Wildman–Crippen LogP) is 10.9. The maximum absolute atomic E-state index is 13.4. The van der Waals surface area contributed by atoms with Crippen LogP contribution in [0.3, 0.4) is 0 Å². The van der Waals surface area contributed by atoms with Crippen LogP contribution in [0, 0.1) is 6.92 Å². The zero-order valence-electron chi connectivity index (χ0n) is 26.6. The summed E-state index contributed by atoms with van der Waals surface area (Å²) in [6, 6.07) is 28.4. The topological polar surface area (TPSA) is 44.2 Å². The molecule has 232 valence electrons. The van der Waals surface area contributed by atoms with Gasteiger partial charge in [-0.1, -0.05) is 62.7 Å². The van der Waals surface area contributed by atoms with Gasteiger partial charge in [-0.3, -0.25) is 0 Å². The highest BCUT2D eigenvalue weighted by atomic mass is 28.4. The van der Waals surface area contributed by atoms with E-state index >= 15 is 0 Å². The first-order chi connectivity index (χ1) is 21.2. The van der Waals surface area contributed by atoms with E-state index in [0.717, 1.165) is 40.1 Å². The van der Waals surface area contributed by atoms with Crippen molar-refractivity contribution in [1.82, 2.24) is 9.97 Å². The minimum absolute atomic E-state index is 0.0513. The lowest BCUT2D eigenvalue weighted by Crippen LogP contribution is -2.43. The molecule has 0 aliphatic carbocycles. The highest BCUT2D eigenvalue weighted by Crippen LogP contribution is 2.41. The second kappa shape index (κ2) is 12.2. The van der Waals surface area contributed by atoms with Gasteiger partial charge >= 0.3 is 6.18 Å². The summed E-state index contributed by atoms with van der Waals surface area (Å²) in [7, 11) is -0.440. The molecule has 0 atom stereocenters. The van der Waals surface area contributed by atoms with Gasteiger partial charge < -0.3 is 9.16 Å². The first-order valence-electron chi connectivity index (χ1n) is 14.8. The minimum atomic E-state index is -4.44. The van der Waals surface area contributed by atoms with Gasteiger partial charge in [0.2, 0.25) is 8.32 Å². The largest absolute Gasteiger partial charge is 0.544 e. The van der Waals surface area contributed by atoms with Gasteiger partial charge in [0.1, 0.15) is 11.5 Å². The molecule has 0 N–H and O–H groups in total. The zero-order valence-corrected chi connectivity index (χ0v) is 27.6. The summed E-state index contributed by atoms with van der Waals surface area (Å²) >= 11 is 0. The van der Waals surface area contributed by atoms with E-state index in [1.165, 1.54) is 12.1 Å².